The van der Waals surface area contributed by atoms with E-state index in [1.165, 1.54) is 0 Å². The molecule has 0 saturated carbocycles. The number of hydrogen-bond acceptors (Lipinski definition) is 2. The Morgan fingerprint density at radius 2 is 1.83 bits per heavy atom. The predicted octanol–water partition coefficient (Wildman–Crippen LogP) is 0.170. The van der Waals surface area contributed by atoms with Crippen molar-refractivity contribution < 1.29 is 4.79 Å². The van der Waals surface area contributed by atoms with Crippen molar-refractivity contribution in [3.05, 3.63) is 0 Å². The lowest BCUT2D eigenvalue weighted by molar-refractivity contribution is -0.106. The van der Waals surface area contributed by atoms with Crippen molar-refractivity contribution in [1.82, 2.24) is 0 Å². The van der Waals surface area contributed by atoms with Crippen LogP contribution in [0.3, 0.4) is 0 Å². The average molecular weight is 89.1 g/mol. The summed E-state index contributed by atoms with van der Waals surface area (Å²) in [6.07, 6.45) is 0.653. The minimum absolute atomic E-state index is 0.139. The maximum atomic E-state index is 9.05. The summed E-state index contributed by atoms with van der Waals surface area (Å²) in [5.41, 5.74) is 4.66. The van der Waals surface area contributed by atoms with E-state index < -0.39 is 0 Å². The van der Waals surface area contributed by atoms with Gasteiger partial charge in [0.1, 0.15) is 6.29 Å². The van der Waals surface area contributed by atoms with Gasteiger partial charge in [-0.2, -0.15) is 0 Å². The van der Waals surface area contributed by atoms with Gasteiger partial charge in [0, 0.05) is 6.54 Å². The maximum Gasteiger partial charge on any atom is 0.133 e. The van der Waals surface area contributed by atoms with E-state index >= 15 is 0 Å². The molecule has 0 heterocycles. The molecule has 0 saturated heterocycles. The highest BCUT2D eigenvalue weighted by molar-refractivity contribution is 5.51. The molecule has 0 amide bonds. The lowest BCUT2D eigenvalue weighted by atomic mass is 10.8. The van der Waals surface area contributed by atoms with Crippen molar-refractivity contribution in [2.45, 2.75) is 13.8 Å². The molecule has 0 bridgehead atoms. The van der Waals surface area contributed by atoms with E-state index in [9.17, 15) is 0 Å². The Labute approximate surface area is 38.3 Å². The molecule has 0 radical (unpaired) electrons. The molecule has 0 unspecified atom stereocenters. The molecule has 0 aliphatic rings. The summed E-state index contributed by atoms with van der Waals surface area (Å²) in [5.74, 6) is 0. The maximum absolute atomic E-state index is 9.05. The first-order valence-corrected chi connectivity index (χ1v) is 2.05. The van der Waals surface area contributed by atoms with Crippen LogP contribution in [0.15, 0.2) is 0 Å². The van der Waals surface area contributed by atoms with Gasteiger partial charge in [-0.05, 0) is 0 Å². The average Bonchev–Trinajstić information content (AvgIpc) is 1.72. The second-order valence-corrected chi connectivity index (χ2v) is 0.402. The molecule has 6 heavy (non-hydrogen) atoms. The molecule has 0 rings (SSSR count). The molecule has 0 aromatic rings. The topological polar surface area (TPSA) is 43.1 Å². The van der Waals surface area contributed by atoms with Crippen molar-refractivity contribution in [3.63, 3.8) is 0 Å². The van der Waals surface area contributed by atoms with Gasteiger partial charge in [0.15, 0.2) is 0 Å². The zero-order valence-corrected chi connectivity index (χ0v) is 4.27. The fourth-order valence-electron chi connectivity index (χ4n) is 0. The molecule has 0 aromatic carbocycles. The van der Waals surface area contributed by atoms with Crippen molar-refractivity contribution in [2.24, 2.45) is 5.73 Å². The second-order valence-electron chi connectivity index (χ2n) is 0.402. The molecule has 0 aliphatic carbocycles. The van der Waals surface area contributed by atoms with Gasteiger partial charge in [-0.1, -0.05) is 13.8 Å². The van der Waals surface area contributed by atoms with Gasteiger partial charge >= 0.3 is 0 Å². The fourth-order valence-corrected chi connectivity index (χ4v) is 0. The van der Waals surface area contributed by atoms with Crippen molar-refractivity contribution in [3.8, 4) is 0 Å². The first-order valence-electron chi connectivity index (χ1n) is 2.05. The summed E-state index contributed by atoms with van der Waals surface area (Å²) < 4.78 is 0. The van der Waals surface area contributed by atoms with E-state index in [2.05, 4.69) is 5.73 Å². The highest BCUT2D eigenvalue weighted by Crippen LogP contribution is 1.18. The summed E-state index contributed by atoms with van der Waals surface area (Å²) in [7, 11) is 0. The van der Waals surface area contributed by atoms with Crippen LogP contribution in [0.4, 0.5) is 0 Å². The molecule has 2 N–H and O–H groups in total. The van der Waals surface area contributed by atoms with Gasteiger partial charge in [0.2, 0.25) is 0 Å². The summed E-state index contributed by atoms with van der Waals surface area (Å²) >= 11 is 0. The van der Waals surface area contributed by atoms with Gasteiger partial charge in [-0.15, -0.1) is 0 Å². The van der Waals surface area contributed by atoms with Crippen LogP contribution < -0.4 is 5.73 Å². The van der Waals surface area contributed by atoms with Crippen molar-refractivity contribution in [1.29, 1.82) is 0 Å². The Bertz CT molecular complexity index is 21.5. The van der Waals surface area contributed by atoms with Crippen molar-refractivity contribution >= 4 is 6.29 Å². The fraction of sp³-hybridized carbons (Fsp3) is 0.750. The van der Waals surface area contributed by atoms with Crippen LogP contribution in [0.1, 0.15) is 13.8 Å². The van der Waals surface area contributed by atoms with Crippen LogP contribution in [0.2, 0.25) is 0 Å². The van der Waals surface area contributed by atoms with E-state index in [1.54, 1.807) is 0 Å². The lowest BCUT2D eigenvalue weighted by Crippen LogP contribution is -1.97. The van der Waals surface area contributed by atoms with Gasteiger partial charge in [-0.3, -0.25) is 0 Å². The minimum atomic E-state index is 0.139. The molecule has 0 fully saturated rings. The third kappa shape index (κ3) is 63.3. The zero-order valence-electron chi connectivity index (χ0n) is 4.27. The Morgan fingerprint density at radius 3 is 1.83 bits per heavy atom. The number of hydrogen-bond donors (Lipinski definition) is 1. The van der Waals surface area contributed by atoms with Crippen LogP contribution in [0.5, 0.6) is 0 Å². The van der Waals surface area contributed by atoms with E-state index in [4.69, 9.17) is 4.79 Å². The van der Waals surface area contributed by atoms with Gasteiger partial charge in [0.05, 0.1) is 0 Å². The number of nitrogens with two attached hydrogens (primary N) is 1. The lowest BCUT2D eigenvalue weighted by Gasteiger charge is -1.55. The molecule has 0 aliphatic heterocycles. The van der Waals surface area contributed by atoms with Gasteiger partial charge in [0.25, 0.3) is 0 Å². The number of carbonyl (C=O) groups is 1. The van der Waals surface area contributed by atoms with Crippen LogP contribution in [0.25, 0.3) is 0 Å². The van der Waals surface area contributed by atoms with Crippen LogP contribution in [0, 0.1) is 0 Å². The largest absolute Gasteiger partial charge is 0.324 e. The SMILES string of the molecule is CC.NCC=O. The van der Waals surface area contributed by atoms with E-state index in [1.807, 2.05) is 13.8 Å². The van der Waals surface area contributed by atoms with Crippen LogP contribution in [-0.2, 0) is 4.79 Å². The molecule has 0 atom stereocenters. The first kappa shape index (κ1) is 9.16. The Morgan fingerprint density at radius 1 is 1.67 bits per heavy atom. The molecule has 0 aromatic heterocycles. The van der Waals surface area contributed by atoms with E-state index in [0.717, 1.165) is 0 Å². The summed E-state index contributed by atoms with van der Waals surface area (Å²) in [4.78, 5) is 9.05. The molecule has 38 valence electrons. The summed E-state index contributed by atoms with van der Waals surface area (Å²) in [5, 5.41) is 0. The molecular formula is C4H11NO. The standard InChI is InChI=1S/C2H5NO.C2H6/c3-1-2-4;1-2/h2H,1,3H2;1-2H3. The first-order chi connectivity index (χ1) is 2.91. The second kappa shape index (κ2) is 23.0. The number of rotatable bonds is 1. The zero-order chi connectivity index (χ0) is 5.41. The van der Waals surface area contributed by atoms with E-state index in [-0.39, 0.29) is 6.54 Å². The monoisotopic (exact) mass is 89.1 g/mol. The predicted molar refractivity (Wildman–Crippen MR) is 26.5 cm³/mol. The van der Waals surface area contributed by atoms with E-state index in [0.29, 0.717) is 6.29 Å². The Kier molecular flexibility index (Phi) is 35.1. The quantitative estimate of drug-likeness (QED) is 0.465. The number of aldehydes is 1. The molecule has 2 nitrogen and oxygen atoms in total. The Hall–Kier alpha value is -0.370. The number of carbonyl (C=O) groups excluding carboxylic acids is 1. The highest BCUT2D eigenvalue weighted by Gasteiger charge is 1.51. The van der Waals surface area contributed by atoms with Gasteiger partial charge < -0.3 is 10.5 Å². The third-order valence-electron chi connectivity index (χ3n) is 0.0962. The highest BCUT2D eigenvalue weighted by atomic mass is 16.1. The normalized spacial score (nSPS) is 5.17. The van der Waals surface area contributed by atoms with Crippen LogP contribution in [-0.4, -0.2) is 12.8 Å². The summed E-state index contributed by atoms with van der Waals surface area (Å²) in [6.45, 7) is 4.14. The van der Waals surface area contributed by atoms with Crippen LogP contribution >= 0.6 is 0 Å². The summed E-state index contributed by atoms with van der Waals surface area (Å²) in [6, 6.07) is 0. The smallest absolute Gasteiger partial charge is 0.133 e. The minimum Gasteiger partial charge on any atom is -0.324 e. The van der Waals surface area contributed by atoms with Gasteiger partial charge in [-0.25, -0.2) is 0 Å². The Balaban J connectivity index is 0. The molecular weight excluding hydrogens is 78.0 g/mol. The van der Waals surface area contributed by atoms with Crippen molar-refractivity contribution in [2.75, 3.05) is 6.54 Å². The third-order valence-corrected chi connectivity index (χ3v) is 0.0962. The molecule has 2 heteroatoms. The molecule has 0 spiro atoms.